The molecule has 0 radical (unpaired) electrons. The molecule has 1 N–H and O–H groups in total. The van der Waals surface area contributed by atoms with Crippen LogP contribution in [0.5, 0.6) is 5.88 Å². The molecule has 6 nitrogen and oxygen atoms in total. The first kappa shape index (κ1) is 17.4. The van der Waals surface area contributed by atoms with Gasteiger partial charge in [-0.1, -0.05) is 42.5 Å². The van der Waals surface area contributed by atoms with E-state index in [1.807, 2.05) is 61.5 Å². The Bertz CT molecular complexity index is 951. The van der Waals surface area contributed by atoms with Gasteiger partial charge in [0.25, 0.3) is 0 Å². The minimum Gasteiger partial charge on any atom is -0.477 e. The van der Waals surface area contributed by atoms with Crippen LogP contribution in [0.1, 0.15) is 24.1 Å². The lowest BCUT2D eigenvalue weighted by molar-refractivity contribution is -0.121. The molecule has 0 saturated heterocycles. The van der Waals surface area contributed by atoms with Crippen LogP contribution < -0.4 is 10.1 Å². The monoisotopic (exact) mass is 346 g/mol. The van der Waals surface area contributed by atoms with Crippen LogP contribution in [0.3, 0.4) is 0 Å². The summed E-state index contributed by atoms with van der Waals surface area (Å²) in [6, 6.07) is 18.8. The van der Waals surface area contributed by atoms with E-state index in [2.05, 4.69) is 15.3 Å². The van der Waals surface area contributed by atoms with E-state index in [1.54, 1.807) is 6.07 Å². The molecule has 0 aliphatic heterocycles. The van der Waals surface area contributed by atoms with Crippen molar-refractivity contribution in [2.75, 3.05) is 6.61 Å². The summed E-state index contributed by atoms with van der Waals surface area (Å²) >= 11 is 0. The van der Waals surface area contributed by atoms with Gasteiger partial charge in [0.05, 0.1) is 23.7 Å². The molecule has 3 rings (SSSR count). The smallest absolute Gasteiger partial charge is 0.244 e. The summed E-state index contributed by atoms with van der Waals surface area (Å²) in [4.78, 5) is 21.5. The summed E-state index contributed by atoms with van der Waals surface area (Å²) < 4.78 is 5.54. The first-order valence-electron chi connectivity index (χ1n) is 8.33. The Balaban J connectivity index is 1.89. The Morgan fingerprint density at radius 2 is 1.77 bits per heavy atom. The van der Waals surface area contributed by atoms with Crippen LogP contribution in [-0.2, 0) is 11.3 Å². The summed E-state index contributed by atoms with van der Waals surface area (Å²) in [5, 5.41) is 12.4. The van der Waals surface area contributed by atoms with Crippen molar-refractivity contribution in [3.05, 3.63) is 65.9 Å². The number of para-hydroxylation sites is 2. The number of rotatable bonds is 6. The molecule has 2 aromatic carbocycles. The summed E-state index contributed by atoms with van der Waals surface area (Å²) in [6.07, 6.45) is 0. The second kappa shape index (κ2) is 8.08. The van der Waals surface area contributed by atoms with Gasteiger partial charge in [-0.3, -0.25) is 4.79 Å². The lowest BCUT2D eigenvalue weighted by Crippen LogP contribution is -2.29. The molecule has 1 atom stereocenters. The van der Waals surface area contributed by atoms with E-state index in [4.69, 9.17) is 4.74 Å². The van der Waals surface area contributed by atoms with E-state index in [-0.39, 0.29) is 11.6 Å². The number of nitrogens with zero attached hydrogens (tertiary/aromatic N) is 3. The molecule has 26 heavy (non-hydrogen) atoms. The van der Waals surface area contributed by atoms with Gasteiger partial charge in [-0.05, 0) is 24.6 Å². The lowest BCUT2D eigenvalue weighted by atomic mass is 10.1. The quantitative estimate of drug-likeness (QED) is 0.741. The standard InChI is InChI=1S/C20H18N4O2/c1-2-26-20-18(23-16-10-6-7-11-17(16)24-20)15(12-21)19(25)22-13-14-8-4-3-5-9-14/h3-11,15H,2,13H2,1H3,(H,22,25)/t15-/m0/s1. The maximum absolute atomic E-state index is 12.6. The van der Waals surface area contributed by atoms with Gasteiger partial charge in [0.1, 0.15) is 5.69 Å². The number of benzene rings is 2. The number of carbonyl (C=O) groups excluding carboxylic acids is 1. The van der Waals surface area contributed by atoms with Crippen molar-refractivity contribution < 1.29 is 9.53 Å². The zero-order chi connectivity index (χ0) is 18.4. The fraction of sp³-hybridized carbons (Fsp3) is 0.200. The van der Waals surface area contributed by atoms with Gasteiger partial charge in [-0.2, -0.15) is 5.26 Å². The van der Waals surface area contributed by atoms with Crippen LogP contribution in [0.15, 0.2) is 54.6 Å². The fourth-order valence-corrected chi connectivity index (χ4v) is 2.56. The Morgan fingerprint density at radius 1 is 1.12 bits per heavy atom. The number of ether oxygens (including phenoxy) is 1. The molecular formula is C20H18N4O2. The molecule has 1 heterocycles. The number of carbonyl (C=O) groups is 1. The maximum atomic E-state index is 12.6. The normalized spacial score (nSPS) is 11.5. The summed E-state index contributed by atoms with van der Waals surface area (Å²) in [5.74, 6) is -1.31. The third-order valence-electron chi connectivity index (χ3n) is 3.82. The van der Waals surface area contributed by atoms with Crippen molar-refractivity contribution >= 4 is 16.9 Å². The molecule has 0 aliphatic rings. The number of aromatic nitrogens is 2. The van der Waals surface area contributed by atoms with Crippen molar-refractivity contribution in [1.82, 2.24) is 15.3 Å². The third kappa shape index (κ3) is 3.78. The Labute approximate surface area is 151 Å². The number of nitrogens with one attached hydrogen (secondary N) is 1. The first-order chi connectivity index (χ1) is 12.7. The van der Waals surface area contributed by atoms with E-state index in [1.165, 1.54) is 0 Å². The molecule has 0 unspecified atom stereocenters. The van der Waals surface area contributed by atoms with Crippen LogP contribution in [0.2, 0.25) is 0 Å². The van der Waals surface area contributed by atoms with Gasteiger partial charge in [-0.15, -0.1) is 0 Å². The SMILES string of the molecule is CCOc1nc2ccccc2nc1[C@H](C#N)C(=O)NCc1ccccc1. The number of fused-ring (bicyclic) bond motifs is 1. The molecule has 1 aromatic heterocycles. The molecule has 6 heteroatoms. The molecule has 0 bridgehead atoms. The summed E-state index contributed by atoms with van der Waals surface area (Å²) in [7, 11) is 0. The second-order valence-corrected chi connectivity index (χ2v) is 5.60. The van der Waals surface area contributed by atoms with Crippen molar-refractivity contribution in [1.29, 1.82) is 5.26 Å². The molecule has 1 amide bonds. The topological polar surface area (TPSA) is 87.9 Å². The highest BCUT2D eigenvalue weighted by atomic mass is 16.5. The average Bonchev–Trinajstić information content (AvgIpc) is 2.68. The van der Waals surface area contributed by atoms with Gasteiger partial charge >= 0.3 is 0 Å². The van der Waals surface area contributed by atoms with E-state index in [9.17, 15) is 10.1 Å². The van der Waals surface area contributed by atoms with Crippen molar-refractivity contribution in [3.63, 3.8) is 0 Å². The Hall–Kier alpha value is -3.46. The molecule has 0 aliphatic carbocycles. The second-order valence-electron chi connectivity index (χ2n) is 5.60. The molecule has 0 saturated carbocycles. The molecular weight excluding hydrogens is 328 g/mol. The minimum absolute atomic E-state index is 0.215. The molecule has 0 fully saturated rings. The van der Waals surface area contributed by atoms with Crippen LogP contribution in [0.25, 0.3) is 11.0 Å². The van der Waals surface area contributed by atoms with Crippen LogP contribution in [0.4, 0.5) is 0 Å². The zero-order valence-electron chi connectivity index (χ0n) is 14.3. The predicted octanol–water partition coefficient (Wildman–Crippen LogP) is 2.95. The minimum atomic E-state index is -1.10. The number of amides is 1. The zero-order valence-corrected chi connectivity index (χ0v) is 14.3. The first-order valence-corrected chi connectivity index (χ1v) is 8.33. The van der Waals surface area contributed by atoms with Gasteiger partial charge in [0.2, 0.25) is 11.8 Å². The lowest BCUT2D eigenvalue weighted by Gasteiger charge is -2.14. The van der Waals surface area contributed by atoms with Gasteiger partial charge in [-0.25, -0.2) is 9.97 Å². The number of hydrogen-bond acceptors (Lipinski definition) is 5. The highest BCUT2D eigenvalue weighted by molar-refractivity contribution is 5.87. The highest BCUT2D eigenvalue weighted by Crippen LogP contribution is 2.26. The van der Waals surface area contributed by atoms with Gasteiger partial charge in [0.15, 0.2) is 5.92 Å². The molecule has 3 aromatic rings. The van der Waals surface area contributed by atoms with E-state index in [0.717, 1.165) is 5.56 Å². The Morgan fingerprint density at radius 3 is 2.42 bits per heavy atom. The van der Waals surface area contributed by atoms with Crippen molar-refractivity contribution in [2.45, 2.75) is 19.4 Å². The average molecular weight is 346 g/mol. The Kier molecular flexibility index (Phi) is 5.40. The summed E-state index contributed by atoms with van der Waals surface area (Å²) in [6.45, 7) is 2.52. The van der Waals surface area contributed by atoms with Crippen LogP contribution in [-0.4, -0.2) is 22.5 Å². The third-order valence-corrected chi connectivity index (χ3v) is 3.82. The van der Waals surface area contributed by atoms with E-state index in [0.29, 0.717) is 24.2 Å². The molecule has 130 valence electrons. The number of hydrogen-bond donors (Lipinski definition) is 1. The van der Waals surface area contributed by atoms with E-state index < -0.39 is 11.8 Å². The van der Waals surface area contributed by atoms with Gasteiger partial charge < -0.3 is 10.1 Å². The van der Waals surface area contributed by atoms with Crippen LogP contribution in [0, 0.1) is 11.3 Å². The fourth-order valence-electron chi connectivity index (χ4n) is 2.56. The largest absolute Gasteiger partial charge is 0.477 e. The maximum Gasteiger partial charge on any atom is 0.244 e. The van der Waals surface area contributed by atoms with Crippen molar-refractivity contribution in [3.8, 4) is 11.9 Å². The van der Waals surface area contributed by atoms with E-state index >= 15 is 0 Å². The summed E-state index contributed by atoms with van der Waals surface area (Å²) in [5.41, 5.74) is 2.45. The van der Waals surface area contributed by atoms with Crippen LogP contribution >= 0.6 is 0 Å². The number of nitriles is 1. The molecule has 0 spiro atoms. The van der Waals surface area contributed by atoms with Crippen molar-refractivity contribution in [2.24, 2.45) is 0 Å². The van der Waals surface area contributed by atoms with Gasteiger partial charge in [0, 0.05) is 6.54 Å². The predicted molar refractivity (Wildman–Crippen MR) is 97.3 cm³/mol. The highest BCUT2D eigenvalue weighted by Gasteiger charge is 2.27.